The summed E-state index contributed by atoms with van der Waals surface area (Å²) in [6, 6.07) is 6.86. The molecule has 0 N–H and O–H groups in total. The molecule has 0 bridgehead atoms. The van der Waals surface area contributed by atoms with Crippen molar-refractivity contribution in [2.45, 2.75) is 99.5 Å². The van der Waals surface area contributed by atoms with E-state index in [4.69, 9.17) is 0 Å². The highest BCUT2D eigenvalue weighted by Crippen LogP contribution is 2.29. The smallest absolute Gasteiger partial charge is 0.227 e. The van der Waals surface area contributed by atoms with Crippen molar-refractivity contribution in [2.75, 3.05) is 4.90 Å². The van der Waals surface area contributed by atoms with Gasteiger partial charge in [0.1, 0.15) is 0 Å². The molecule has 0 heterocycles. The first-order valence-corrected chi connectivity index (χ1v) is 10.1. The quantitative estimate of drug-likeness (QED) is 0.481. The lowest BCUT2D eigenvalue weighted by Crippen LogP contribution is -2.42. The molecule has 1 rings (SSSR count). The first kappa shape index (κ1) is 21.7. The van der Waals surface area contributed by atoms with Gasteiger partial charge in [0.15, 0.2) is 0 Å². The van der Waals surface area contributed by atoms with Crippen molar-refractivity contribution >= 4 is 11.6 Å². The second kappa shape index (κ2) is 9.99. The van der Waals surface area contributed by atoms with E-state index in [1.165, 1.54) is 36.8 Å². The van der Waals surface area contributed by atoms with Crippen LogP contribution < -0.4 is 4.90 Å². The van der Waals surface area contributed by atoms with Crippen molar-refractivity contribution in [3.8, 4) is 0 Å². The van der Waals surface area contributed by atoms with E-state index in [-0.39, 0.29) is 11.3 Å². The van der Waals surface area contributed by atoms with Crippen LogP contribution in [0.5, 0.6) is 0 Å². The molecule has 0 fully saturated rings. The summed E-state index contributed by atoms with van der Waals surface area (Å²) in [5.74, 6) is 0.273. The lowest BCUT2D eigenvalue weighted by atomic mass is 9.90. The molecule has 2 nitrogen and oxygen atoms in total. The molecule has 0 unspecified atom stereocenters. The Morgan fingerprint density at radius 2 is 1.44 bits per heavy atom. The molecule has 1 amide bonds. The van der Waals surface area contributed by atoms with E-state index in [1.807, 2.05) is 0 Å². The molecule has 0 spiro atoms. The van der Waals surface area contributed by atoms with Gasteiger partial charge in [-0.2, -0.15) is 0 Å². The normalized spacial score (nSPS) is 11.8. The number of carbonyl (C=O) groups is 1. The largest absolute Gasteiger partial charge is 0.309 e. The summed E-state index contributed by atoms with van der Waals surface area (Å²) in [6.45, 7) is 15.2. The highest BCUT2D eigenvalue weighted by atomic mass is 16.2. The van der Waals surface area contributed by atoms with E-state index in [0.717, 1.165) is 18.5 Å². The van der Waals surface area contributed by atoms with Crippen LogP contribution in [0.1, 0.15) is 90.7 Å². The predicted octanol–water partition coefficient (Wildman–Crippen LogP) is 6.82. The standard InChI is InChI=1S/C23H39NO/c1-8-10-12-20(13-11-9-2)24(22(25)17-23(5,6)7)21-15-18(3)14-19(4)16-21/h14-16,20H,8-13,17H2,1-7H3. The van der Waals surface area contributed by atoms with Gasteiger partial charge in [0, 0.05) is 18.2 Å². The summed E-state index contributed by atoms with van der Waals surface area (Å²) in [7, 11) is 0. The number of anilines is 1. The van der Waals surface area contributed by atoms with Crippen LogP contribution in [0.3, 0.4) is 0 Å². The first-order chi connectivity index (χ1) is 11.7. The van der Waals surface area contributed by atoms with Gasteiger partial charge in [0.05, 0.1) is 0 Å². The minimum atomic E-state index is 0.00820. The van der Waals surface area contributed by atoms with Crippen LogP contribution in [0, 0.1) is 19.3 Å². The van der Waals surface area contributed by atoms with E-state index in [1.54, 1.807) is 0 Å². The number of hydrogen-bond acceptors (Lipinski definition) is 1. The Morgan fingerprint density at radius 1 is 0.960 bits per heavy atom. The van der Waals surface area contributed by atoms with Crippen molar-refractivity contribution in [1.29, 1.82) is 0 Å². The molecule has 142 valence electrons. The first-order valence-electron chi connectivity index (χ1n) is 10.1. The molecule has 1 aromatic rings. The monoisotopic (exact) mass is 345 g/mol. The summed E-state index contributed by atoms with van der Waals surface area (Å²) in [5, 5.41) is 0. The SMILES string of the molecule is CCCCC(CCCC)N(C(=O)CC(C)(C)C)c1cc(C)cc(C)c1. The lowest BCUT2D eigenvalue weighted by molar-refractivity contribution is -0.120. The Labute approximate surface area is 156 Å². The highest BCUT2D eigenvalue weighted by Gasteiger charge is 2.28. The molecule has 0 aromatic heterocycles. The summed E-state index contributed by atoms with van der Waals surface area (Å²) in [4.78, 5) is 15.4. The number of nitrogens with zero attached hydrogens (tertiary/aromatic N) is 1. The van der Waals surface area contributed by atoms with E-state index < -0.39 is 0 Å². The number of unbranched alkanes of at least 4 members (excludes halogenated alkanes) is 2. The van der Waals surface area contributed by atoms with E-state index >= 15 is 0 Å². The fraction of sp³-hybridized carbons (Fsp3) is 0.696. The van der Waals surface area contributed by atoms with Crippen LogP contribution in [0.2, 0.25) is 0 Å². The molecule has 0 atom stereocenters. The molecule has 1 aromatic carbocycles. The van der Waals surface area contributed by atoms with E-state index in [2.05, 4.69) is 71.6 Å². The fourth-order valence-electron chi connectivity index (χ4n) is 3.47. The Hall–Kier alpha value is -1.31. The topological polar surface area (TPSA) is 20.3 Å². The predicted molar refractivity (Wildman–Crippen MR) is 110 cm³/mol. The molecule has 0 aliphatic carbocycles. The summed E-state index contributed by atoms with van der Waals surface area (Å²) >= 11 is 0. The van der Waals surface area contributed by atoms with Crippen molar-refractivity contribution in [3.05, 3.63) is 29.3 Å². The second-order valence-electron chi connectivity index (χ2n) is 8.79. The molecule has 0 saturated carbocycles. The molecule has 0 saturated heterocycles. The second-order valence-corrected chi connectivity index (χ2v) is 8.79. The number of rotatable bonds is 9. The number of benzene rings is 1. The van der Waals surface area contributed by atoms with Gasteiger partial charge in [0.2, 0.25) is 5.91 Å². The zero-order chi connectivity index (χ0) is 19.0. The van der Waals surface area contributed by atoms with Crippen LogP contribution in [0.15, 0.2) is 18.2 Å². The van der Waals surface area contributed by atoms with Gasteiger partial charge in [-0.15, -0.1) is 0 Å². The van der Waals surface area contributed by atoms with Gasteiger partial charge in [-0.3, -0.25) is 4.79 Å². The summed E-state index contributed by atoms with van der Waals surface area (Å²) < 4.78 is 0. The van der Waals surface area contributed by atoms with Gasteiger partial charge in [-0.1, -0.05) is 66.4 Å². The molecular formula is C23H39NO. The van der Waals surface area contributed by atoms with E-state index in [9.17, 15) is 4.79 Å². The fourth-order valence-corrected chi connectivity index (χ4v) is 3.47. The maximum absolute atomic E-state index is 13.3. The maximum atomic E-state index is 13.3. The van der Waals surface area contributed by atoms with Crippen LogP contribution in [-0.2, 0) is 4.79 Å². The molecular weight excluding hydrogens is 306 g/mol. The lowest BCUT2D eigenvalue weighted by Gasteiger charge is -2.34. The van der Waals surface area contributed by atoms with Crippen LogP contribution in [0.25, 0.3) is 0 Å². The third-order valence-corrected chi connectivity index (χ3v) is 4.58. The minimum Gasteiger partial charge on any atom is -0.309 e. The third kappa shape index (κ3) is 7.63. The third-order valence-electron chi connectivity index (χ3n) is 4.58. The average molecular weight is 346 g/mol. The Morgan fingerprint density at radius 3 is 1.84 bits per heavy atom. The zero-order valence-corrected chi connectivity index (χ0v) is 17.6. The van der Waals surface area contributed by atoms with Gasteiger partial charge in [-0.05, 0) is 55.4 Å². The maximum Gasteiger partial charge on any atom is 0.227 e. The Kier molecular flexibility index (Phi) is 8.68. The van der Waals surface area contributed by atoms with Gasteiger partial charge < -0.3 is 4.90 Å². The average Bonchev–Trinajstić information content (AvgIpc) is 2.47. The highest BCUT2D eigenvalue weighted by molar-refractivity contribution is 5.94. The van der Waals surface area contributed by atoms with Crippen molar-refractivity contribution in [1.82, 2.24) is 0 Å². The summed E-state index contributed by atoms with van der Waals surface area (Å²) in [5.41, 5.74) is 3.55. The number of hydrogen-bond donors (Lipinski definition) is 0. The minimum absolute atomic E-state index is 0.00820. The number of amides is 1. The van der Waals surface area contributed by atoms with Crippen molar-refractivity contribution in [2.24, 2.45) is 5.41 Å². The molecule has 0 aliphatic heterocycles. The molecule has 25 heavy (non-hydrogen) atoms. The molecule has 2 heteroatoms. The van der Waals surface area contributed by atoms with Crippen molar-refractivity contribution < 1.29 is 4.79 Å². The van der Waals surface area contributed by atoms with Crippen LogP contribution in [-0.4, -0.2) is 11.9 Å². The molecule has 0 aliphatic rings. The van der Waals surface area contributed by atoms with E-state index in [0.29, 0.717) is 12.5 Å². The van der Waals surface area contributed by atoms with Gasteiger partial charge in [0.25, 0.3) is 0 Å². The van der Waals surface area contributed by atoms with Gasteiger partial charge in [-0.25, -0.2) is 0 Å². The Balaban J connectivity index is 3.24. The van der Waals surface area contributed by atoms with Gasteiger partial charge >= 0.3 is 0 Å². The number of aryl methyl sites for hydroxylation is 2. The Bertz CT molecular complexity index is 513. The van der Waals surface area contributed by atoms with Crippen LogP contribution >= 0.6 is 0 Å². The van der Waals surface area contributed by atoms with Crippen molar-refractivity contribution in [3.63, 3.8) is 0 Å². The number of carbonyl (C=O) groups excluding carboxylic acids is 1. The zero-order valence-electron chi connectivity index (χ0n) is 17.6. The van der Waals surface area contributed by atoms with Crippen LogP contribution in [0.4, 0.5) is 5.69 Å². The molecule has 0 radical (unpaired) electrons. The summed E-state index contributed by atoms with van der Waals surface area (Å²) in [6.07, 6.45) is 7.50.